The molecule has 0 rings (SSSR count). The number of nitrogens with one attached hydrogen (secondary N) is 1. The summed E-state index contributed by atoms with van der Waals surface area (Å²) >= 11 is 0. The lowest BCUT2D eigenvalue weighted by Crippen LogP contribution is -2.28. The summed E-state index contributed by atoms with van der Waals surface area (Å²) in [6.45, 7) is 11.0. The van der Waals surface area contributed by atoms with E-state index in [9.17, 15) is 0 Å². The van der Waals surface area contributed by atoms with Gasteiger partial charge in [-0.15, -0.1) is 0 Å². The molecular weight excluding hydrogens is 148 g/mol. The van der Waals surface area contributed by atoms with Crippen molar-refractivity contribution in [1.29, 1.82) is 0 Å². The number of likely N-dealkylation sites (N-methyl/N-ethyl adjacent to an activating group) is 1. The second kappa shape index (κ2) is 6.92. The molecule has 0 heterocycles. The molecule has 2 nitrogen and oxygen atoms in total. The zero-order valence-corrected chi connectivity index (χ0v) is 8.43. The minimum absolute atomic E-state index is 0.982. The molecule has 0 atom stereocenters. The van der Waals surface area contributed by atoms with Gasteiger partial charge in [0.15, 0.2) is 0 Å². The van der Waals surface area contributed by atoms with Crippen molar-refractivity contribution in [3.63, 3.8) is 0 Å². The van der Waals surface area contributed by atoms with Crippen LogP contribution in [-0.2, 0) is 0 Å². The lowest BCUT2D eigenvalue weighted by atomic mass is 10.4. The third-order valence-electron chi connectivity index (χ3n) is 1.89. The predicted molar refractivity (Wildman–Crippen MR) is 55.1 cm³/mol. The van der Waals surface area contributed by atoms with Gasteiger partial charge in [0.25, 0.3) is 0 Å². The summed E-state index contributed by atoms with van der Waals surface area (Å²) in [5.74, 6) is 0. The van der Waals surface area contributed by atoms with E-state index in [0.717, 1.165) is 25.3 Å². The number of hydrogen-bond donors (Lipinski definition) is 1. The lowest BCUT2D eigenvalue weighted by molar-refractivity contribution is 0.355. The molecule has 0 amide bonds. The van der Waals surface area contributed by atoms with Crippen molar-refractivity contribution in [2.24, 2.45) is 0 Å². The Morgan fingerprint density at radius 1 is 1.58 bits per heavy atom. The Bertz CT molecular complexity index is 150. The van der Waals surface area contributed by atoms with Gasteiger partial charge in [-0.1, -0.05) is 19.6 Å². The van der Waals surface area contributed by atoms with E-state index in [1.807, 2.05) is 19.1 Å². The second-order valence-electron chi connectivity index (χ2n) is 2.77. The Morgan fingerprint density at radius 2 is 2.25 bits per heavy atom. The molecule has 0 aliphatic rings. The summed E-state index contributed by atoms with van der Waals surface area (Å²) in [6, 6.07) is 0. The number of hydrogen-bond acceptors (Lipinski definition) is 2. The molecule has 0 aliphatic heterocycles. The molecule has 0 aromatic rings. The topological polar surface area (TPSA) is 15.3 Å². The van der Waals surface area contributed by atoms with Crippen LogP contribution in [0.25, 0.3) is 0 Å². The van der Waals surface area contributed by atoms with E-state index in [1.54, 1.807) is 0 Å². The molecule has 12 heavy (non-hydrogen) atoms. The van der Waals surface area contributed by atoms with E-state index in [1.165, 1.54) is 0 Å². The van der Waals surface area contributed by atoms with E-state index < -0.39 is 0 Å². The molecule has 0 aromatic carbocycles. The SMILES string of the molecule is C=C/C(=C\C)NCCN(C)CC. The Hall–Kier alpha value is -0.760. The average molecular weight is 168 g/mol. The molecule has 0 saturated heterocycles. The van der Waals surface area contributed by atoms with Gasteiger partial charge in [0.2, 0.25) is 0 Å². The summed E-state index contributed by atoms with van der Waals surface area (Å²) in [4.78, 5) is 2.27. The number of rotatable bonds is 6. The fourth-order valence-electron chi connectivity index (χ4n) is 0.841. The lowest BCUT2D eigenvalue weighted by Gasteiger charge is -2.14. The van der Waals surface area contributed by atoms with Crippen LogP contribution in [0.4, 0.5) is 0 Å². The van der Waals surface area contributed by atoms with Gasteiger partial charge in [0.1, 0.15) is 0 Å². The second-order valence-corrected chi connectivity index (χ2v) is 2.77. The monoisotopic (exact) mass is 168 g/mol. The van der Waals surface area contributed by atoms with Crippen LogP contribution in [0.1, 0.15) is 13.8 Å². The first-order valence-corrected chi connectivity index (χ1v) is 4.45. The Kier molecular flexibility index (Phi) is 6.48. The highest BCUT2D eigenvalue weighted by atomic mass is 15.1. The van der Waals surface area contributed by atoms with Crippen LogP contribution in [-0.4, -0.2) is 31.6 Å². The van der Waals surface area contributed by atoms with E-state index in [2.05, 4.69) is 30.8 Å². The molecule has 0 spiro atoms. The number of allylic oxidation sites excluding steroid dienone is 2. The molecule has 0 bridgehead atoms. The maximum Gasteiger partial charge on any atom is 0.0291 e. The fraction of sp³-hybridized carbons (Fsp3) is 0.600. The molecule has 0 unspecified atom stereocenters. The zero-order valence-electron chi connectivity index (χ0n) is 8.43. The summed E-state index contributed by atoms with van der Waals surface area (Å²) in [5.41, 5.74) is 1.11. The van der Waals surface area contributed by atoms with Crippen molar-refractivity contribution in [3.05, 3.63) is 24.4 Å². The van der Waals surface area contributed by atoms with Gasteiger partial charge in [0.05, 0.1) is 0 Å². The molecule has 2 heteroatoms. The minimum Gasteiger partial charge on any atom is -0.384 e. The molecule has 1 N–H and O–H groups in total. The van der Waals surface area contributed by atoms with Crippen LogP contribution in [0.3, 0.4) is 0 Å². The zero-order chi connectivity index (χ0) is 9.40. The van der Waals surface area contributed by atoms with Gasteiger partial charge in [-0.3, -0.25) is 0 Å². The van der Waals surface area contributed by atoms with Gasteiger partial charge >= 0.3 is 0 Å². The molecule has 0 saturated carbocycles. The highest BCUT2D eigenvalue weighted by molar-refractivity contribution is 5.12. The Morgan fingerprint density at radius 3 is 2.67 bits per heavy atom. The smallest absolute Gasteiger partial charge is 0.0291 e. The quantitative estimate of drug-likeness (QED) is 0.606. The highest BCUT2D eigenvalue weighted by Gasteiger charge is 1.93. The van der Waals surface area contributed by atoms with E-state index >= 15 is 0 Å². The maximum atomic E-state index is 3.71. The van der Waals surface area contributed by atoms with Crippen LogP contribution < -0.4 is 5.32 Å². The molecule has 0 aliphatic carbocycles. The minimum atomic E-state index is 0.982. The van der Waals surface area contributed by atoms with Crippen LogP contribution in [0, 0.1) is 0 Å². The third kappa shape index (κ3) is 4.97. The summed E-state index contributed by atoms with van der Waals surface area (Å²) in [5, 5.41) is 3.29. The van der Waals surface area contributed by atoms with Crippen molar-refractivity contribution in [2.45, 2.75) is 13.8 Å². The van der Waals surface area contributed by atoms with Gasteiger partial charge in [0, 0.05) is 18.8 Å². The van der Waals surface area contributed by atoms with E-state index in [4.69, 9.17) is 0 Å². The van der Waals surface area contributed by atoms with Crippen LogP contribution >= 0.6 is 0 Å². The van der Waals surface area contributed by atoms with Crippen molar-refractivity contribution >= 4 is 0 Å². The number of nitrogens with zero attached hydrogens (tertiary/aromatic N) is 1. The van der Waals surface area contributed by atoms with Gasteiger partial charge in [-0.05, 0) is 26.6 Å². The first-order chi connectivity index (χ1) is 5.74. The molecule has 70 valence electrons. The summed E-state index contributed by atoms with van der Waals surface area (Å²) in [7, 11) is 2.12. The van der Waals surface area contributed by atoms with Crippen molar-refractivity contribution in [1.82, 2.24) is 10.2 Å². The van der Waals surface area contributed by atoms with Crippen molar-refractivity contribution < 1.29 is 0 Å². The Balaban J connectivity index is 3.48. The first kappa shape index (κ1) is 11.2. The van der Waals surface area contributed by atoms with Crippen LogP contribution in [0.5, 0.6) is 0 Å². The van der Waals surface area contributed by atoms with Gasteiger partial charge in [-0.2, -0.15) is 0 Å². The molecular formula is C10H20N2. The normalized spacial score (nSPS) is 11.8. The maximum absolute atomic E-state index is 3.71. The van der Waals surface area contributed by atoms with E-state index in [-0.39, 0.29) is 0 Å². The van der Waals surface area contributed by atoms with Crippen molar-refractivity contribution in [2.75, 3.05) is 26.7 Å². The first-order valence-electron chi connectivity index (χ1n) is 4.45. The summed E-state index contributed by atoms with van der Waals surface area (Å²) < 4.78 is 0. The largest absolute Gasteiger partial charge is 0.384 e. The van der Waals surface area contributed by atoms with Crippen molar-refractivity contribution in [3.8, 4) is 0 Å². The Labute approximate surface area is 76.0 Å². The average Bonchev–Trinajstić information content (AvgIpc) is 2.12. The fourth-order valence-corrected chi connectivity index (χ4v) is 0.841. The molecule has 0 radical (unpaired) electrons. The van der Waals surface area contributed by atoms with Gasteiger partial charge < -0.3 is 10.2 Å². The highest BCUT2D eigenvalue weighted by Crippen LogP contribution is 1.88. The van der Waals surface area contributed by atoms with Gasteiger partial charge in [-0.25, -0.2) is 0 Å². The third-order valence-corrected chi connectivity index (χ3v) is 1.89. The summed E-state index contributed by atoms with van der Waals surface area (Å²) in [6.07, 6.45) is 3.87. The molecule has 0 aromatic heterocycles. The van der Waals surface area contributed by atoms with Crippen LogP contribution in [0.15, 0.2) is 24.4 Å². The molecule has 0 fully saturated rings. The van der Waals surface area contributed by atoms with Crippen LogP contribution in [0.2, 0.25) is 0 Å². The van der Waals surface area contributed by atoms with E-state index in [0.29, 0.717) is 0 Å². The standard InChI is InChI=1S/C10H20N2/c1-5-10(6-2)11-8-9-12(4)7-3/h5-6,11H,1,7-9H2,2-4H3/b10-6+. The predicted octanol–water partition coefficient (Wildman–Crippen LogP) is 1.62.